The molecule has 1 aliphatic rings. The standard InChI is InChI=1S/C15H27N5O/c1-11-13(12(2)18(5)17-11)10-19-6-8-20(9-7-19)14(21)15(3,4)16/h6-10,16H2,1-5H3. The molecule has 6 nitrogen and oxygen atoms in total. The number of aromatic nitrogens is 2. The summed E-state index contributed by atoms with van der Waals surface area (Å²) in [7, 11) is 1.98. The summed E-state index contributed by atoms with van der Waals surface area (Å²) in [4.78, 5) is 16.4. The number of carbonyl (C=O) groups excluding carboxylic acids is 1. The largest absolute Gasteiger partial charge is 0.339 e. The van der Waals surface area contributed by atoms with E-state index >= 15 is 0 Å². The van der Waals surface area contributed by atoms with Crippen LogP contribution in [0.4, 0.5) is 0 Å². The van der Waals surface area contributed by atoms with Crippen molar-refractivity contribution >= 4 is 5.91 Å². The average molecular weight is 293 g/mol. The van der Waals surface area contributed by atoms with Gasteiger partial charge in [-0.25, -0.2) is 0 Å². The summed E-state index contributed by atoms with van der Waals surface area (Å²) in [6.45, 7) is 11.9. The number of hydrogen-bond donors (Lipinski definition) is 1. The number of amides is 1. The van der Waals surface area contributed by atoms with Gasteiger partial charge in [-0.15, -0.1) is 0 Å². The fourth-order valence-corrected chi connectivity index (χ4v) is 2.79. The predicted molar refractivity (Wildman–Crippen MR) is 82.8 cm³/mol. The van der Waals surface area contributed by atoms with E-state index in [0.29, 0.717) is 0 Å². The third kappa shape index (κ3) is 3.44. The van der Waals surface area contributed by atoms with Gasteiger partial charge in [0.15, 0.2) is 0 Å². The predicted octanol–water partition coefficient (Wildman–Crippen LogP) is 0.418. The van der Waals surface area contributed by atoms with E-state index in [1.54, 1.807) is 13.8 Å². The molecule has 118 valence electrons. The van der Waals surface area contributed by atoms with Crippen LogP contribution in [0.15, 0.2) is 0 Å². The van der Waals surface area contributed by atoms with Gasteiger partial charge in [0.1, 0.15) is 0 Å². The van der Waals surface area contributed by atoms with E-state index in [2.05, 4.69) is 23.8 Å². The number of hydrogen-bond acceptors (Lipinski definition) is 4. The Morgan fingerprint density at radius 3 is 2.24 bits per heavy atom. The first kappa shape index (κ1) is 16.0. The van der Waals surface area contributed by atoms with Crippen LogP contribution in [0.5, 0.6) is 0 Å². The van der Waals surface area contributed by atoms with Crippen molar-refractivity contribution in [3.8, 4) is 0 Å². The first-order valence-electron chi connectivity index (χ1n) is 7.50. The monoisotopic (exact) mass is 293 g/mol. The van der Waals surface area contributed by atoms with Crippen molar-refractivity contribution in [2.24, 2.45) is 12.8 Å². The summed E-state index contributed by atoms with van der Waals surface area (Å²) in [5, 5.41) is 4.46. The smallest absolute Gasteiger partial charge is 0.242 e. The summed E-state index contributed by atoms with van der Waals surface area (Å²) < 4.78 is 1.93. The van der Waals surface area contributed by atoms with Gasteiger partial charge in [0.25, 0.3) is 0 Å². The molecule has 2 rings (SSSR count). The first-order chi connectivity index (χ1) is 9.70. The van der Waals surface area contributed by atoms with E-state index in [0.717, 1.165) is 38.4 Å². The maximum Gasteiger partial charge on any atom is 0.242 e. The molecule has 6 heteroatoms. The van der Waals surface area contributed by atoms with Crippen LogP contribution >= 0.6 is 0 Å². The molecule has 0 unspecified atom stereocenters. The zero-order valence-corrected chi connectivity index (χ0v) is 13.8. The van der Waals surface area contributed by atoms with Gasteiger partial charge < -0.3 is 10.6 Å². The third-order valence-corrected chi connectivity index (χ3v) is 4.25. The van der Waals surface area contributed by atoms with Crippen LogP contribution in [0.25, 0.3) is 0 Å². The molecule has 1 saturated heterocycles. The summed E-state index contributed by atoms with van der Waals surface area (Å²) in [5.74, 6) is 0.0379. The second-order valence-corrected chi connectivity index (χ2v) is 6.56. The quantitative estimate of drug-likeness (QED) is 0.877. The maximum absolute atomic E-state index is 12.2. The molecule has 1 aliphatic heterocycles. The average Bonchev–Trinajstić information content (AvgIpc) is 2.64. The number of aryl methyl sites for hydroxylation is 2. The van der Waals surface area contributed by atoms with Crippen molar-refractivity contribution < 1.29 is 4.79 Å². The minimum absolute atomic E-state index is 0.0379. The van der Waals surface area contributed by atoms with Gasteiger partial charge in [0, 0.05) is 51.0 Å². The lowest BCUT2D eigenvalue weighted by atomic mass is 10.0. The zero-order chi connectivity index (χ0) is 15.8. The van der Waals surface area contributed by atoms with Gasteiger partial charge in [-0.1, -0.05) is 0 Å². The molecule has 0 radical (unpaired) electrons. The zero-order valence-electron chi connectivity index (χ0n) is 13.8. The lowest BCUT2D eigenvalue weighted by Crippen LogP contribution is -2.56. The molecule has 1 fully saturated rings. The van der Waals surface area contributed by atoms with Crippen LogP contribution < -0.4 is 5.73 Å². The van der Waals surface area contributed by atoms with E-state index < -0.39 is 5.54 Å². The highest BCUT2D eigenvalue weighted by Gasteiger charge is 2.30. The van der Waals surface area contributed by atoms with Crippen molar-refractivity contribution in [1.29, 1.82) is 0 Å². The van der Waals surface area contributed by atoms with Crippen molar-refractivity contribution in [3.05, 3.63) is 17.0 Å². The molecule has 0 atom stereocenters. The molecular formula is C15H27N5O. The summed E-state index contributed by atoms with van der Waals surface area (Å²) >= 11 is 0. The van der Waals surface area contributed by atoms with Gasteiger partial charge >= 0.3 is 0 Å². The minimum Gasteiger partial charge on any atom is -0.339 e. The Kier molecular flexibility index (Phi) is 4.39. The lowest BCUT2D eigenvalue weighted by Gasteiger charge is -2.37. The van der Waals surface area contributed by atoms with Crippen LogP contribution in [-0.2, 0) is 18.4 Å². The molecule has 1 amide bonds. The molecule has 0 aromatic carbocycles. The second-order valence-electron chi connectivity index (χ2n) is 6.56. The van der Waals surface area contributed by atoms with Gasteiger partial charge in [0.05, 0.1) is 11.2 Å². The number of carbonyl (C=O) groups is 1. The second kappa shape index (κ2) is 5.77. The molecule has 1 aromatic heterocycles. The molecule has 1 aromatic rings. The lowest BCUT2D eigenvalue weighted by molar-refractivity contribution is -0.137. The normalized spacial score (nSPS) is 17.3. The molecule has 0 aliphatic carbocycles. The van der Waals surface area contributed by atoms with Crippen LogP contribution in [0.1, 0.15) is 30.8 Å². The summed E-state index contributed by atoms with van der Waals surface area (Å²) in [5.41, 5.74) is 8.73. The Labute approximate surface area is 126 Å². The summed E-state index contributed by atoms with van der Waals surface area (Å²) in [6, 6.07) is 0. The van der Waals surface area contributed by atoms with E-state index in [1.165, 1.54) is 11.3 Å². The van der Waals surface area contributed by atoms with Crippen LogP contribution in [0.3, 0.4) is 0 Å². The van der Waals surface area contributed by atoms with Crippen LogP contribution in [-0.4, -0.2) is 57.2 Å². The maximum atomic E-state index is 12.2. The third-order valence-electron chi connectivity index (χ3n) is 4.25. The molecule has 0 spiro atoms. The minimum atomic E-state index is -0.779. The molecule has 0 bridgehead atoms. The van der Waals surface area contributed by atoms with E-state index in [4.69, 9.17) is 5.73 Å². The molecular weight excluding hydrogens is 266 g/mol. The molecule has 0 saturated carbocycles. The highest BCUT2D eigenvalue weighted by molar-refractivity contribution is 5.85. The number of nitrogens with two attached hydrogens (primary N) is 1. The van der Waals surface area contributed by atoms with Crippen molar-refractivity contribution in [2.45, 2.75) is 39.8 Å². The number of piperazine rings is 1. The number of nitrogens with zero attached hydrogens (tertiary/aromatic N) is 4. The Bertz CT molecular complexity index is 521. The number of rotatable bonds is 3. The topological polar surface area (TPSA) is 67.4 Å². The Balaban J connectivity index is 1.94. The van der Waals surface area contributed by atoms with Gasteiger partial charge in [-0.3, -0.25) is 14.4 Å². The molecule has 2 N–H and O–H groups in total. The fraction of sp³-hybridized carbons (Fsp3) is 0.733. The molecule has 21 heavy (non-hydrogen) atoms. The summed E-state index contributed by atoms with van der Waals surface area (Å²) in [6.07, 6.45) is 0. The Morgan fingerprint density at radius 2 is 1.81 bits per heavy atom. The van der Waals surface area contributed by atoms with Crippen molar-refractivity contribution in [2.75, 3.05) is 26.2 Å². The fourth-order valence-electron chi connectivity index (χ4n) is 2.79. The van der Waals surface area contributed by atoms with Crippen LogP contribution in [0, 0.1) is 13.8 Å². The first-order valence-corrected chi connectivity index (χ1v) is 7.50. The van der Waals surface area contributed by atoms with E-state index in [9.17, 15) is 4.79 Å². The van der Waals surface area contributed by atoms with Gasteiger partial charge in [-0.2, -0.15) is 5.10 Å². The SMILES string of the molecule is Cc1nn(C)c(C)c1CN1CCN(C(=O)C(C)(C)N)CC1. The highest BCUT2D eigenvalue weighted by Crippen LogP contribution is 2.16. The Hall–Kier alpha value is -1.40. The highest BCUT2D eigenvalue weighted by atomic mass is 16.2. The van der Waals surface area contributed by atoms with Gasteiger partial charge in [0.2, 0.25) is 5.91 Å². The van der Waals surface area contributed by atoms with E-state index in [-0.39, 0.29) is 5.91 Å². The van der Waals surface area contributed by atoms with Crippen molar-refractivity contribution in [3.63, 3.8) is 0 Å². The van der Waals surface area contributed by atoms with E-state index in [1.807, 2.05) is 16.6 Å². The van der Waals surface area contributed by atoms with Crippen LogP contribution in [0.2, 0.25) is 0 Å². The van der Waals surface area contributed by atoms with Crippen molar-refractivity contribution in [1.82, 2.24) is 19.6 Å². The van der Waals surface area contributed by atoms with Gasteiger partial charge in [-0.05, 0) is 27.7 Å². The Morgan fingerprint density at radius 1 is 1.24 bits per heavy atom. The molecule has 2 heterocycles.